The molecule has 0 radical (unpaired) electrons. The molecule has 0 saturated carbocycles. The first-order chi connectivity index (χ1) is 6.79. The van der Waals surface area contributed by atoms with Crippen molar-refractivity contribution in [1.29, 1.82) is 0 Å². The van der Waals surface area contributed by atoms with Gasteiger partial charge in [0.05, 0.1) is 0 Å². The number of nitrogens with zero attached hydrogens (tertiary/aromatic N) is 1. The molecular weight excluding hydrogens is 172 g/mol. The fourth-order valence-corrected chi connectivity index (χ4v) is 1.94. The van der Waals surface area contributed by atoms with Crippen LogP contribution in [0, 0.1) is 0 Å². The van der Waals surface area contributed by atoms with Crippen molar-refractivity contribution in [3.63, 3.8) is 0 Å². The maximum Gasteiger partial charge on any atom is 0.0343 e. The molecule has 0 aliphatic carbocycles. The van der Waals surface area contributed by atoms with E-state index < -0.39 is 0 Å². The molecule has 0 spiro atoms. The molecule has 14 heavy (non-hydrogen) atoms. The topological polar surface area (TPSA) is 15.3 Å². The van der Waals surface area contributed by atoms with Crippen LogP contribution in [0.2, 0.25) is 0 Å². The van der Waals surface area contributed by atoms with E-state index in [4.69, 9.17) is 0 Å². The van der Waals surface area contributed by atoms with Crippen molar-refractivity contribution in [2.75, 3.05) is 18.9 Å². The van der Waals surface area contributed by atoms with E-state index in [1.165, 1.54) is 23.2 Å². The summed E-state index contributed by atoms with van der Waals surface area (Å²) in [6, 6.07) is 6.72. The lowest BCUT2D eigenvalue weighted by Gasteiger charge is -2.06. The molecule has 0 aromatic heterocycles. The second-order valence-electron chi connectivity index (χ2n) is 4.08. The van der Waals surface area contributed by atoms with Gasteiger partial charge in [0.25, 0.3) is 0 Å². The third-order valence-electron chi connectivity index (χ3n) is 2.67. The number of fused-ring (bicyclic) bond motifs is 1. The molecular formula is C12H18N2. The second kappa shape index (κ2) is 4.01. The number of rotatable bonds is 3. The van der Waals surface area contributed by atoms with Crippen molar-refractivity contribution in [2.45, 2.75) is 26.4 Å². The van der Waals surface area contributed by atoms with Gasteiger partial charge in [-0.25, -0.2) is 0 Å². The lowest BCUT2D eigenvalue weighted by molar-refractivity contribution is 0.353. The number of benzene rings is 1. The molecule has 0 saturated heterocycles. The summed E-state index contributed by atoms with van der Waals surface area (Å²) in [7, 11) is 2.17. The Bertz CT molecular complexity index is 320. The minimum Gasteiger partial charge on any atom is -0.385 e. The molecule has 1 aromatic rings. The highest BCUT2D eigenvalue weighted by Crippen LogP contribution is 2.24. The predicted molar refractivity (Wildman–Crippen MR) is 60.4 cm³/mol. The van der Waals surface area contributed by atoms with E-state index in [9.17, 15) is 0 Å². The Morgan fingerprint density at radius 2 is 2.07 bits per heavy atom. The van der Waals surface area contributed by atoms with E-state index in [0.717, 1.165) is 19.6 Å². The highest BCUT2D eigenvalue weighted by Gasteiger charge is 2.14. The van der Waals surface area contributed by atoms with E-state index in [-0.39, 0.29) is 0 Å². The van der Waals surface area contributed by atoms with Crippen LogP contribution in [-0.2, 0) is 13.1 Å². The smallest absolute Gasteiger partial charge is 0.0343 e. The van der Waals surface area contributed by atoms with Crippen LogP contribution in [0.25, 0.3) is 0 Å². The van der Waals surface area contributed by atoms with Gasteiger partial charge in [-0.15, -0.1) is 0 Å². The van der Waals surface area contributed by atoms with Gasteiger partial charge in [-0.2, -0.15) is 0 Å². The molecule has 2 nitrogen and oxygen atoms in total. The standard InChI is InChI=1S/C12H18N2/c1-3-6-13-12-5-4-10-8-14(2)9-11(10)7-12/h4-5,7,13H,3,6,8-9H2,1-2H3. The normalized spacial score (nSPS) is 15.6. The van der Waals surface area contributed by atoms with E-state index in [0.29, 0.717) is 0 Å². The molecule has 0 unspecified atom stereocenters. The molecule has 0 fully saturated rings. The van der Waals surface area contributed by atoms with Crippen LogP contribution in [0.4, 0.5) is 5.69 Å². The minimum atomic E-state index is 1.06. The first-order valence-corrected chi connectivity index (χ1v) is 5.34. The van der Waals surface area contributed by atoms with Crippen LogP contribution in [-0.4, -0.2) is 18.5 Å². The quantitative estimate of drug-likeness (QED) is 0.787. The lowest BCUT2D eigenvalue weighted by atomic mass is 10.1. The van der Waals surface area contributed by atoms with Crippen molar-refractivity contribution < 1.29 is 0 Å². The van der Waals surface area contributed by atoms with Crippen molar-refractivity contribution >= 4 is 5.69 Å². The van der Waals surface area contributed by atoms with E-state index in [1.807, 2.05) is 0 Å². The minimum absolute atomic E-state index is 1.06. The summed E-state index contributed by atoms with van der Waals surface area (Å²) in [4.78, 5) is 2.34. The molecule has 1 aromatic carbocycles. The van der Waals surface area contributed by atoms with Gasteiger partial charge >= 0.3 is 0 Å². The summed E-state index contributed by atoms with van der Waals surface area (Å²) < 4.78 is 0. The van der Waals surface area contributed by atoms with Gasteiger partial charge in [-0.1, -0.05) is 13.0 Å². The number of anilines is 1. The van der Waals surface area contributed by atoms with E-state index in [2.05, 4.69) is 42.4 Å². The van der Waals surface area contributed by atoms with Crippen molar-refractivity contribution in [3.8, 4) is 0 Å². The van der Waals surface area contributed by atoms with Gasteiger partial charge in [-0.05, 0) is 36.7 Å². The molecule has 1 aliphatic rings. The summed E-state index contributed by atoms with van der Waals surface area (Å²) in [6.07, 6.45) is 1.18. The van der Waals surface area contributed by atoms with Crippen LogP contribution in [0.15, 0.2) is 18.2 Å². The Labute approximate surface area is 85.9 Å². The van der Waals surface area contributed by atoms with Crippen LogP contribution in [0.3, 0.4) is 0 Å². The second-order valence-corrected chi connectivity index (χ2v) is 4.08. The Hall–Kier alpha value is -1.02. The maximum absolute atomic E-state index is 3.42. The third kappa shape index (κ3) is 1.90. The molecule has 76 valence electrons. The van der Waals surface area contributed by atoms with Gasteiger partial charge in [0.2, 0.25) is 0 Å². The molecule has 0 amide bonds. The average Bonchev–Trinajstić information content (AvgIpc) is 2.54. The molecule has 1 heterocycles. The fraction of sp³-hybridized carbons (Fsp3) is 0.500. The van der Waals surface area contributed by atoms with E-state index in [1.54, 1.807) is 0 Å². The molecule has 1 N–H and O–H groups in total. The highest BCUT2D eigenvalue weighted by molar-refractivity contribution is 5.49. The summed E-state index contributed by atoms with van der Waals surface area (Å²) >= 11 is 0. The Kier molecular flexibility index (Phi) is 2.73. The van der Waals surface area contributed by atoms with Crippen LogP contribution in [0.5, 0.6) is 0 Å². The zero-order valence-electron chi connectivity index (χ0n) is 9.01. The monoisotopic (exact) mass is 190 g/mol. The molecule has 2 heteroatoms. The number of hydrogen-bond acceptors (Lipinski definition) is 2. The van der Waals surface area contributed by atoms with Crippen molar-refractivity contribution in [3.05, 3.63) is 29.3 Å². The maximum atomic E-state index is 3.42. The average molecular weight is 190 g/mol. The summed E-state index contributed by atoms with van der Waals surface area (Å²) in [5, 5.41) is 3.42. The largest absolute Gasteiger partial charge is 0.385 e. The first-order valence-electron chi connectivity index (χ1n) is 5.34. The Morgan fingerprint density at radius 3 is 2.86 bits per heavy atom. The van der Waals surface area contributed by atoms with Gasteiger partial charge < -0.3 is 5.32 Å². The third-order valence-corrected chi connectivity index (χ3v) is 2.67. The fourth-order valence-electron chi connectivity index (χ4n) is 1.94. The van der Waals surface area contributed by atoms with E-state index >= 15 is 0 Å². The van der Waals surface area contributed by atoms with Crippen LogP contribution >= 0.6 is 0 Å². The number of nitrogens with one attached hydrogen (secondary N) is 1. The zero-order chi connectivity index (χ0) is 9.97. The Balaban J connectivity index is 2.12. The SMILES string of the molecule is CCCNc1ccc2c(c1)CN(C)C2. The highest BCUT2D eigenvalue weighted by atomic mass is 15.1. The molecule has 1 aliphatic heterocycles. The molecule has 2 rings (SSSR count). The van der Waals surface area contributed by atoms with Crippen molar-refractivity contribution in [1.82, 2.24) is 4.90 Å². The molecule has 0 atom stereocenters. The Morgan fingerprint density at radius 1 is 1.29 bits per heavy atom. The number of hydrogen-bond donors (Lipinski definition) is 1. The van der Waals surface area contributed by atoms with Gasteiger partial charge in [0, 0.05) is 25.3 Å². The van der Waals surface area contributed by atoms with Crippen molar-refractivity contribution in [2.24, 2.45) is 0 Å². The zero-order valence-corrected chi connectivity index (χ0v) is 9.01. The summed E-state index contributed by atoms with van der Waals surface area (Å²) in [5.74, 6) is 0. The van der Waals surface area contributed by atoms with Gasteiger partial charge in [-0.3, -0.25) is 4.90 Å². The predicted octanol–water partition coefficient (Wildman–Crippen LogP) is 2.45. The lowest BCUT2D eigenvalue weighted by Crippen LogP contribution is -2.07. The van der Waals surface area contributed by atoms with Crippen LogP contribution < -0.4 is 5.32 Å². The first kappa shape index (κ1) is 9.53. The van der Waals surface area contributed by atoms with Gasteiger partial charge in [0.15, 0.2) is 0 Å². The summed E-state index contributed by atoms with van der Waals surface area (Å²) in [5.41, 5.74) is 4.23. The van der Waals surface area contributed by atoms with Crippen LogP contribution in [0.1, 0.15) is 24.5 Å². The summed E-state index contributed by atoms with van der Waals surface area (Å²) in [6.45, 7) is 5.45. The van der Waals surface area contributed by atoms with Gasteiger partial charge in [0.1, 0.15) is 0 Å². The molecule has 0 bridgehead atoms.